The SMILES string of the molecule is COc1cccc(C(CNS(=O)(=O)C2CCCCC2)OC)c1. The second-order valence-electron chi connectivity index (χ2n) is 5.65. The van der Waals surface area contributed by atoms with Crippen LogP contribution in [0.25, 0.3) is 0 Å². The topological polar surface area (TPSA) is 64.6 Å². The fourth-order valence-corrected chi connectivity index (χ4v) is 4.44. The van der Waals surface area contributed by atoms with Crippen molar-refractivity contribution in [1.82, 2.24) is 4.72 Å². The number of benzene rings is 1. The average molecular weight is 327 g/mol. The Hall–Kier alpha value is -1.11. The van der Waals surface area contributed by atoms with Crippen LogP contribution in [0.3, 0.4) is 0 Å². The van der Waals surface area contributed by atoms with Crippen LogP contribution in [-0.2, 0) is 14.8 Å². The molecular weight excluding hydrogens is 302 g/mol. The maximum Gasteiger partial charge on any atom is 0.214 e. The van der Waals surface area contributed by atoms with Crippen molar-refractivity contribution in [2.45, 2.75) is 43.5 Å². The Morgan fingerprint density at radius 2 is 1.95 bits per heavy atom. The second kappa shape index (κ2) is 7.94. The van der Waals surface area contributed by atoms with E-state index >= 15 is 0 Å². The zero-order valence-electron chi connectivity index (χ0n) is 13.2. The van der Waals surface area contributed by atoms with E-state index in [1.54, 1.807) is 14.2 Å². The smallest absolute Gasteiger partial charge is 0.214 e. The van der Waals surface area contributed by atoms with Crippen molar-refractivity contribution in [3.63, 3.8) is 0 Å². The lowest BCUT2D eigenvalue weighted by Gasteiger charge is -2.24. The Morgan fingerprint density at radius 1 is 1.23 bits per heavy atom. The summed E-state index contributed by atoms with van der Waals surface area (Å²) in [6.45, 7) is 0.239. The molecule has 1 saturated carbocycles. The van der Waals surface area contributed by atoms with Gasteiger partial charge in [0, 0.05) is 13.7 Å². The van der Waals surface area contributed by atoms with E-state index in [1.165, 1.54) is 0 Å². The van der Waals surface area contributed by atoms with Gasteiger partial charge in [-0.25, -0.2) is 13.1 Å². The predicted molar refractivity (Wildman–Crippen MR) is 86.5 cm³/mol. The number of methoxy groups -OCH3 is 2. The standard InChI is InChI=1S/C16H25NO4S/c1-20-14-8-6-7-13(11-14)16(21-2)12-17-22(18,19)15-9-4-3-5-10-15/h6-8,11,15-17H,3-5,9-10,12H2,1-2H3. The highest BCUT2D eigenvalue weighted by molar-refractivity contribution is 7.90. The van der Waals surface area contributed by atoms with Crippen molar-refractivity contribution in [3.05, 3.63) is 29.8 Å². The largest absolute Gasteiger partial charge is 0.497 e. The van der Waals surface area contributed by atoms with Gasteiger partial charge in [0.05, 0.1) is 18.5 Å². The van der Waals surface area contributed by atoms with Crippen LogP contribution in [0, 0.1) is 0 Å². The Balaban J connectivity index is 2.00. The van der Waals surface area contributed by atoms with Gasteiger partial charge in [-0.3, -0.25) is 0 Å². The van der Waals surface area contributed by atoms with E-state index in [0.717, 1.165) is 43.4 Å². The van der Waals surface area contributed by atoms with E-state index in [4.69, 9.17) is 9.47 Å². The molecule has 1 N–H and O–H groups in total. The van der Waals surface area contributed by atoms with Gasteiger partial charge in [-0.15, -0.1) is 0 Å². The van der Waals surface area contributed by atoms with Crippen LogP contribution in [0.2, 0.25) is 0 Å². The van der Waals surface area contributed by atoms with E-state index in [2.05, 4.69) is 4.72 Å². The van der Waals surface area contributed by atoms with Gasteiger partial charge < -0.3 is 9.47 Å². The summed E-state index contributed by atoms with van der Waals surface area (Å²) in [5, 5.41) is -0.260. The molecular formula is C16H25NO4S. The van der Waals surface area contributed by atoms with Gasteiger partial charge in [-0.1, -0.05) is 31.4 Å². The average Bonchev–Trinajstić information content (AvgIpc) is 2.56. The normalized spacial score (nSPS) is 18.1. The molecule has 1 aliphatic rings. The van der Waals surface area contributed by atoms with Crippen molar-refractivity contribution < 1.29 is 17.9 Å². The monoisotopic (exact) mass is 327 g/mol. The number of hydrogen-bond donors (Lipinski definition) is 1. The maximum atomic E-state index is 12.4. The summed E-state index contributed by atoms with van der Waals surface area (Å²) in [7, 11) is -0.0872. The van der Waals surface area contributed by atoms with Gasteiger partial charge in [0.2, 0.25) is 10.0 Å². The third-order valence-corrected chi connectivity index (χ3v) is 6.13. The Labute approximate surface area is 133 Å². The minimum Gasteiger partial charge on any atom is -0.497 e. The zero-order chi connectivity index (χ0) is 16.0. The van der Waals surface area contributed by atoms with E-state index in [-0.39, 0.29) is 17.9 Å². The molecule has 1 aromatic carbocycles. The fraction of sp³-hybridized carbons (Fsp3) is 0.625. The molecule has 1 fully saturated rings. The number of rotatable bonds is 7. The molecule has 2 rings (SSSR count). The summed E-state index contributed by atoms with van der Waals surface area (Å²) in [5.74, 6) is 0.731. The number of nitrogens with one attached hydrogen (secondary N) is 1. The highest BCUT2D eigenvalue weighted by Crippen LogP contribution is 2.24. The Morgan fingerprint density at radius 3 is 2.59 bits per heavy atom. The van der Waals surface area contributed by atoms with E-state index in [0.29, 0.717) is 0 Å². The molecule has 0 radical (unpaired) electrons. The highest BCUT2D eigenvalue weighted by atomic mass is 32.2. The quantitative estimate of drug-likeness (QED) is 0.836. The zero-order valence-corrected chi connectivity index (χ0v) is 14.1. The van der Waals surface area contributed by atoms with Gasteiger partial charge in [0.15, 0.2) is 0 Å². The first-order chi connectivity index (χ1) is 10.6. The molecule has 1 aliphatic carbocycles. The predicted octanol–water partition coefficient (Wildman–Crippen LogP) is 2.63. The first kappa shape index (κ1) is 17.2. The fourth-order valence-electron chi connectivity index (χ4n) is 2.86. The van der Waals surface area contributed by atoms with Gasteiger partial charge in [-0.05, 0) is 30.5 Å². The molecule has 5 nitrogen and oxygen atoms in total. The van der Waals surface area contributed by atoms with Gasteiger partial charge >= 0.3 is 0 Å². The van der Waals surface area contributed by atoms with Crippen LogP contribution >= 0.6 is 0 Å². The lowest BCUT2D eigenvalue weighted by Crippen LogP contribution is -2.38. The van der Waals surface area contributed by atoms with Crippen LogP contribution in [0.4, 0.5) is 0 Å². The van der Waals surface area contributed by atoms with Crippen LogP contribution in [-0.4, -0.2) is 34.4 Å². The molecule has 0 amide bonds. The molecule has 1 atom stereocenters. The van der Waals surface area contributed by atoms with Gasteiger partial charge in [0.1, 0.15) is 5.75 Å². The molecule has 0 spiro atoms. The summed E-state index contributed by atoms with van der Waals surface area (Å²) in [6.07, 6.45) is 4.31. The van der Waals surface area contributed by atoms with Crippen LogP contribution in [0.1, 0.15) is 43.8 Å². The minimum atomic E-state index is -3.27. The molecule has 0 bridgehead atoms. The molecule has 1 unspecified atom stereocenters. The summed E-state index contributed by atoms with van der Waals surface area (Å²) in [6, 6.07) is 7.49. The molecule has 0 saturated heterocycles. The third-order valence-electron chi connectivity index (χ3n) is 4.21. The van der Waals surface area contributed by atoms with E-state index in [1.807, 2.05) is 24.3 Å². The first-order valence-corrected chi connectivity index (χ1v) is 9.26. The maximum absolute atomic E-state index is 12.4. The number of hydrogen-bond acceptors (Lipinski definition) is 4. The minimum absolute atomic E-state index is 0.239. The van der Waals surface area contributed by atoms with E-state index < -0.39 is 10.0 Å². The van der Waals surface area contributed by atoms with Gasteiger partial charge in [0.25, 0.3) is 0 Å². The van der Waals surface area contributed by atoms with Gasteiger partial charge in [-0.2, -0.15) is 0 Å². The van der Waals surface area contributed by atoms with Crippen LogP contribution in [0.5, 0.6) is 5.75 Å². The molecule has 124 valence electrons. The molecule has 0 aliphatic heterocycles. The van der Waals surface area contributed by atoms with Crippen molar-refractivity contribution in [2.24, 2.45) is 0 Å². The lowest BCUT2D eigenvalue weighted by molar-refractivity contribution is 0.107. The van der Waals surface area contributed by atoms with Crippen molar-refractivity contribution >= 4 is 10.0 Å². The van der Waals surface area contributed by atoms with Crippen molar-refractivity contribution in [1.29, 1.82) is 0 Å². The summed E-state index contributed by atoms with van der Waals surface area (Å²) in [5.41, 5.74) is 0.896. The van der Waals surface area contributed by atoms with Crippen molar-refractivity contribution in [3.8, 4) is 5.75 Å². The van der Waals surface area contributed by atoms with Crippen LogP contribution < -0.4 is 9.46 Å². The molecule has 22 heavy (non-hydrogen) atoms. The summed E-state index contributed by atoms with van der Waals surface area (Å²) in [4.78, 5) is 0. The molecule has 0 heterocycles. The number of ether oxygens (including phenoxy) is 2. The van der Waals surface area contributed by atoms with E-state index in [9.17, 15) is 8.42 Å². The lowest BCUT2D eigenvalue weighted by atomic mass is 10.0. The van der Waals surface area contributed by atoms with Crippen molar-refractivity contribution in [2.75, 3.05) is 20.8 Å². The molecule has 1 aromatic rings. The molecule has 0 aromatic heterocycles. The Kier molecular flexibility index (Phi) is 6.23. The Bertz CT molecular complexity index is 567. The second-order valence-corrected chi connectivity index (χ2v) is 7.70. The van der Waals surface area contributed by atoms with Crippen LogP contribution in [0.15, 0.2) is 24.3 Å². The molecule has 6 heteroatoms. The highest BCUT2D eigenvalue weighted by Gasteiger charge is 2.27. The first-order valence-electron chi connectivity index (χ1n) is 7.72. The third kappa shape index (κ3) is 4.44. The summed E-state index contributed by atoms with van der Waals surface area (Å²) < 4.78 is 38.1. The number of sulfonamides is 1. The summed E-state index contributed by atoms with van der Waals surface area (Å²) >= 11 is 0.